The Hall–Kier alpha value is -2.94. The molecule has 1 heterocycles. The molecule has 33 heavy (non-hydrogen) atoms. The Bertz CT molecular complexity index is 1150. The molecule has 13 heteroatoms. The minimum Gasteiger partial charge on any atom is -0.593 e. The summed E-state index contributed by atoms with van der Waals surface area (Å²) in [5.41, 5.74) is -4.32. The first-order chi connectivity index (χ1) is 15.4. The summed E-state index contributed by atoms with van der Waals surface area (Å²) in [6.45, 7) is -1.88. The van der Waals surface area contributed by atoms with Crippen molar-refractivity contribution in [3.05, 3.63) is 58.7 Å². The summed E-state index contributed by atoms with van der Waals surface area (Å²) in [5.74, 6) is -3.67. The lowest BCUT2D eigenvalue weighted by atomic mass is 10.0. The van der Waals surface area contributed by atoms with Gasteiger partial charge in [0.05, 0.1) is 42.2 Å². The highest BCUT2D eigenvalue weighted by molar-refractivity contribution is 7.89. The number of alkyl halides is 3. The molecule has 174 valence electrons. The zero-order valence-corrected chi connectivity index (χ0v) is 17.3. The summed E-state index contributed by atoms with van der Waals surface area (Å²) in [6, 6.07) is 6.91. The van der Waals surface area contributed by atoms with Crippen LogP contribution in [0.3, 0.4) is 0 Å². The third kappa shape index (κ3) is 4.73. The lowest BCUT2D eigenvalue weighted by Gasteiger charge is -2.26. The van der Waals surface area contributed by atoms with E-state index < -0.39 is 83.0 Å². The molecule has 0 bridgehead atoms. The van der Waals surface area contributed by atoms with Gasteiger partial charge in [-0.25, -0.2) is 4.39 Å². The third-order valence-electron chi connectivity index (χ3n) is 4.98. The minimum atomic E-state index is -4.73. The second kappa shape index (κ2) is 9.13. The zero-order chi connectivity index (χ0) is 24.6. The van der Waals surface area contributed by atoms with E-state index in [9.17, 15) is 42.0 Å². The average Bonchev–Trinajstić information content (AvgIpc) is 3.12. The molecule has 1 fully saturated rings. The van der Waals surface area contributed by atoms with Gasteiger partial charge in [0.15, 0.2) is 16.5 Å². The van der Waals surface area contributed by atoms with Crippen LogP contribution in [0.25, 0.3) is 0 Å². The number of ether oxygens (including phenoxy) is 1. The number of aliphatic hydroxyl groups is 2. The van der Waals surface area contributed by atoms with Crippen molar-refractivity contribution in [3.63, 3.8) is 0 Å². The molecule has 1 saturated heterocycles. The second-order valence-corrected chi connectivity index (χ2v) is 8.57. The van der Waals surface area contributed by atoms with Gasteiger partial charge in [-0.1, -0.05) is 0 Å². The summed E-state index contributed by atoms with van der Waals surface area (Å²) in [4.78, 5) is -0.276. The number of rotatable bonds is 5. The summed E-state index contributed by atoms with van der Waals surface area (Å²) in [6.07, 6.45) is -6.16. The average molecular weight is 487 g/mol. The van der Waals surface area contributed by atoms with Crippen molar-refractivity contribution < 1.29 is 41.5 Å². The van der Waals surface area contributed by atoms with Gasteiger partial charge < -0.3 is 19.5 Å². The first kappa shape index (κ1) is 24.7. The Labute approximate surface area is 187 Å². The normalized spacial score (nSPS) is 21.9. The number of halogens is 5. The van der Waals surface area contributed by atoms with Crippen LogP contribution in [0.4, 0.5) is 22.0 Å². The lowest BCUT2D eigenvalue weighted by Crippen LogP contribution is -2.48. The van der Waals surface area contributed by atoms with Gasteiger partial charge in [-0.3, -0.25) is 0 Å². The highest BCUT2D eigenvalue weighted by atomic mass is 32.2. The SMILES string of the molecule is N#Cc1cc(C(F)(F)F)ccc1[S+]([O-])N1C[C@H](Oc2ccc(C#N)c(F)c2F)C(O)(CO)C1. The van der Waals surface area contributed by atoms with Crippen LogP contribution in [0.5, 0.6) is 5.75 Å². The van der Waals surface area contributed by atoms with E-state index in [4.69, 9.17) is 10.00 Å². The summed E-state index contributed by atoms with van der Waals surface area (Å²) in [5, 5.41) is 38.3. The molecule has 2 N–H and O–H groups in total. The maximum atomic E-state index is 14.2. The van der Waals surface area contributed by atoms with E-state index in [1.807, 2.05) is 0 Å². The van der Waals surface area contributed by atoms with Gasteiger partial charge in [-0.2, -0.15) is 28.1 Å². The molecule has 3 rings (SSSR count). The molecule has 2 unspecified atom stereocenters. The Morgan fingerprint density at radius 3 is 2.39 bits per heavy atom. The number of aliphatic hydroxyl groups excluding tert-OH is 1. The monoisotopic (exact) mass is 487 g/mol. The van der Waals surface area contributed by atoms with E-state index in [1.165, 1.54) is 6.07 Å². The Kier molecular flexibility index (Phi) is 6.83. The second-order valence-electron chi connectivity index (χ2n) is 7.11. The molecular formula is C20H14F5N3O4S. The number of benzene rings is 2. The molecule has 3 atom stereocenters. The van der Waals surface area contributed by atoms with Gasteiger partial charge in [0.2, 0.25) is 5.82 Å². The zero-order valence-electron chi connectivity index (χ0n) is 16.4. The van der Waals surface area contributed by atoms with Gasteiger partial charge >= 0.3 is 6.18 Å². The van der Waals surface area contributed by atoms with Crippen molar-refractivity contribution in [2.24, 2.45) is 0 Å². The predicted octanol–water partition coefficient (Wildman–Crippen LogP) is 2.24. The first-order valence-electron chi connectivity index (χ1n) is 9.11. The highest BCUT2D eigenvalue weighted by Gasteiger charge is 2.52. The number of hydrogen-bond acceptors (Lipinski definition) is 7. The fourth-order valence-electron chi connectivity index (χ4n) is 3.20. The van der Waals surface area contributed by atoms with Crippen LogP contribution >= 0.6 is 0 Å². The van der Waals surface area contributed by atoms with Crippen LogP contribution in [-0.2, 0) is 17.5 Å². The van der Waals surface area contributed by atoms with Crippen LogP contribution < -0.4 is 4.74 Å². The molecule has 1 aliphatic rings. The predicted molar refractivity (Wildman–Crippen MR) is 102 cm³/mol. The topological polar surface area (TPSA) is 124 Å². The molecule has 7 nitrogen and oxygen atoms in total. The van der Waals surface area contributed by atoms with Crippen LogP contribution in [0.15, 0.2) is 35.2 Å². The van der Waals surface area contributed by atoms with Crippen LogP contribution in [0, 0.1) is 34.3 Å². The van der Waals surface area contributed by atoms with E-state index in [1.54, 1.807) is 6.07 Å². The van der Waals surface area contributed by atoms with E-state index in [0.717, 1.165) is 22.5 Å². The fourth-order valence-corrected chi connectivity index (χ4v) is 4.57. The molecule has 0 spiro atoms. The van der Waals surface area contributed by atoms with E-state index in [0.29, 0.717) is 12.1 Å². The van der Waals surface area contributed by atoms with Crippen LogP contribution in [-0.4, -0.2) is 50.5 Å². The third-order valence-corrected chi connectivity index (χ3v) is 6.46. The van der Waals surface area contributed by atoms with Crippen molar-refractivity contribution in [2.75, 3.05) is 19.7 Å². The van der Waals surface area contributed by atoms with Crippen molar-refractivity contribution in [3.8, 4) is 17.9 Å². The molecule has 0 aliphatic carbocycles. The summed E-state index contributed by atoms with van der Waals surface area (Å²) < 4.78 is 86.1. The van der Waals surface area contributed by atoms with Crippen molar-refractivity contribution in [1.29, 1.82) is 10.5 Å². The highest BCUT2D eigenvalue weighted by Crippen LogP contribution is 2.35. The van der Waals surface area contributed by atoms with E-state index >= 15 is 0 Å². The Balaban J connectivity index is 1.88. The number of β-amino-alcohol motifs (C(OH)–C–C–N with tert-alkyl or cyclic N) is 1. The fraction of sp³-hybridized carbons (Fsp3) is 0.300. The molecule has 2 aromatic rings. The number of nitrogens with zero attached hydrogens (tertiary/aromatic N) is 3. The molecule has 0 saturated carbocycles. The Morgan fingerprint density at radius 1 is 1.15 bits per heavy atom. The molecule has 0 radical (unpaired) electrons. The maximum absolute atomic E-state index is 14.2. The molecular weight excluding hydrogens is 473 g/mol. The van der Waals surface area contributed by atoms with Crippen LogP contribution in [0.1, 0.15) is 16.7 Å². The molecule has 1 aliphatic heterocycles. The van der Waals surface area contributed by atoms with Gasteiger partial charge in [-0.15, -0.1) is 4.31 Å². The van der Waals surface area contributed by atoms with Gasteiger partial charge in [-0.05, 0) is 30.3 Å². The Morgan fingerprint density at radius 2 is 1.82 bits per heavy atom. The molecule has 2 aromatic carbocycles. The maximum Gasteiger partial charge on any atom is 0.416 e. The molecule has 0 aromatic heterocycles. The van der Waals surface area contributed by atoms with Crippen molar-refractivity contribution in [1.82, 2.24) is 4.31 Å². The smallest absolute Gasteiger partial charge is 0.416 e. The number of nitriles is 2. The summed E-state index contributed by atoms with van der Waals surface area (Å²) >= 11 is -2.27. The largest absolute Gasteiger partial charge is 0.593 e. The van der Waals surface area contributed by atoms with Crippen molar-refractivity contribution >= 4 is 11.4 Å². The first-order valence-corrected chi connectivity index (χ1v) is 10.2. The lowest BCUT2D eigenvalue weighted by molar-refractivity contribution is -0.137. The summed E-state index contributed by atoms with van der Waals surface area (Å²) in [7, 11) is 0. The number of hydrogen-bond donors (Lipinski definition) is 2. The minimum absolute atomic E-state index is 0.276. The van der Waals surface area contributed by atoms with Crippen molar-refractivity contribution in [2.45, 2.75) is 22.8 Å². The quantitative estimate of drug-likeness (QED) is 0.490. The van der Waals surface area contributed by atoms with Gasteiger partial charge in [0.1, 0.15) is 29.4 Å². The van der Waals surface area contributed by atoms with E-state index in [-0.39, 0.29) is 4.90 Å². The van der Waals surface area contributed by atoms with Gasteiger partial charge in [0.25, 0.3) is 0 Å². The van der Waals surface area contributed by atoms with Gasteiger partial charge in [0, 0.05) is 0 Å². The molecule has 0 amide bonds. The van der Waals surface area contributed by atoms with E-state index in [2.05, 4.69) is 0 Å². The standard InChI is InChI=1S/C20H14F5N3O4S/c21-17-11(6-26)1-3-14(18(17)22)32-16-8-28(9-19(16,30)10-29)33(31)15-4-2-13(20(23,24)25)5-12(15)7-27/h1-5,16,29-30H,8-10H2/t16-,19?,33?/m0/s1. The van der Waals surface area contributed by atoms with Crippen LogP contribution in [0.2, 0.25) is 0 Å².